The van der Waals surface area contributed by atoms with Crippen LogP contribution in [0.25, 0.3) is 0 Å². The fourth-order valence-corrected chi connectivity index (χ4v) is 2.21. The van der Waals surface area contributed by atoms with Crippen molar-refractivity contribution in [1.82, 2.24) is 0 Å². The SMILES string of the molecule is Nc1cccc(COc2cc(F)c(Cl)cc2Br)c1. The van der Waals surface area contributed by atoms with Gasteiger partial charge in [0.15, 0.2) is 0 Å². The predicted molar refractivity (Wildman–Crippen MR) is 74.3 cm³/mol. The smallest absolute Gasteiger partial charge is 0.145 e. The van der Waals surface area contributed by atoms with Crippen LogP contribution in [0.2, 0.25) is 5.02 Å². The lowest BCUT2D eigenvalue weighted by molar-refractivity contribution is 0.302. The van der Waals surface area contributed by atoms with E-state index in [1.807, 2.05) is 12.1 Å². The molecule has 0 bridgehead atoms. The largest absolute Gasteiger partial charge is 0.488 e. The molecule has 0 heterocycles. The van der Waals surface area contributed by atoms with E-state index in [1.165, 1.54) is 12.1 Å². The topological polar surface area (TPSA) is 35.2 Å². The van der Waals surface area contributed by atoms with E-state index in [1.54, 1.807) is 12.1 Å². The molecule has 18 heavy (non-hydrogen) atoms. The molecule has 0 saturated heterocycles. The number of rotatable bonds is 3. The number of anilines is 1. The Balaban J connectivity index is 2.13. The summed E-state index contributed by atoms with van der Waals surface area (Å²) >= 11 is 8.92. The van der Waals surface area contributed by atoms with Crippen LogP contribution in [0.15, 0.2) is 40.9 Å². The second kappa shape index (κ2) is 5.59. The Hall–Kier alpha value is -1.26. The van der Waals surface area contributed by atoms with Crippen LogP contribution in [0, 0.1) is 5.82 Å². The third-order valence-electron chi connectivity index (χ3n) is 2.32. The van der Waals surface area contributed by atoms with Crippen molar-refractivity contribution in [2.75, 3.05) is 5.73 Å². The van der Waals surface area contributed by atoms with E-state index in [9.17, 15) is 4.39 Å². The minimum absolute atomic E-state index is 0.0539. The third kappa shape index (κ3) is 3.15. The minimum Gasteiger partial charge on any atom is -0.488 e. The van der Waals surface area contributed by atoms with Crippen LogP contribution in [-0.2, 0) is 6.61 Å². The van der Waals surface area contributed by atoms with Crippen molar-refractivity contribution in [3.63, 3.8) is 0 Å². The maximum atomic E-state index is 13.3. The molecule has 0 aliphatic rings. The first-order valence-corrected chi connectivity index (χ1v) is 6.35. The van der Waals surface area contributed by atoms with Crippen LogP contribution in [0.4, 0.5) is 10.1 Å². The van der Waals surface area contributed by atoms with E-state index in [0.717, 1.165) is 5.56 Å². The van der Waals surface area contributed by atoms with Crippen molar-refractivity contribution in [3.8, 4) is 5.75 Å². The van der Waals surface area contributed by atoms with Gasteiger partial charge < -0.3 is 10.5 Å². The summed E-state index contributed by atoms with van der Waals surface area (Å²) in [6, 6.07) is 10.0. The van der Waals surface area contributed by atoms with Crippen molar-refractivity contribution in [2.45, 2.75) is 6.61 Å². The summed E-state index contributed by atoms with van der Waals surface area (Å²) in [5, 5.41) is 0.0539. The molecule has 2 N–H and O–H groups in total. The Morgan fingerprint density at radius 1 is 1.28 bits per heavy atom. The van der Waals surface area contributed by atoms with Crippen molar-refractivity contribution in [3.05, 3.63) is 57.3 Å². The van der Waals surface area contributed by atoms with Gasteiger partial charge in [-0.2, -0.15) is 0 Å². The predicted octanol–water partition coefficient (Wildman–Crippen LogP) is 4.40. The zero-order valence-electron chi connectivity index (χ0n) is 9.29. The number of nitrogen functional groups attached to an aromatic ring is 1. The number of halogens is 3. The maximum Gasteiger partial charge on any atom is 0.145 e. The molecule has 94 valence electrons. The van der Waals surface area contributed by atoms with Crippen molar-refractivity contribution in [1.29, 1.82) is 0 Å². The highest BCUT2D eigenvalue weighted by Gasteiger charge is 2.08. The monoisotopic (exact) mass is 329 g/mol. The average molecular weight is 331 g/mol. The number of ether oxygens (including phenoxy) is 1. The zero-order valence-corrected chi connectivity index (χ0v) is 11.6. The maximum absolute atomic E-state index is 13.3. The van der Waals surface area contributed by atoms with Crippen molar-refractivity contribution >= 4 is 33.2 Å². The highest BCUT2D eigenvalue weighted by Crippen LogP contribution is 2.31. The second-order valence-corrected chi connectivity index (χ2v) is 4.99. The first-order valence-electron chi connectivity index (χ1n) is 5.18. The van der Waals surface area contributed by atoms with Gasteiger partial charge in [-0.05, 0) is 39.7 Å². The molecule has 0 amide bonds. The minimum atomic E-state index is -0.512. The van der Waals surface area contributed by atoms with Crippen LogP contribution in [0.1, 0.15) is 5.56 Å². The van der Waals surface area contributed by atoms with Gasteiger partial charge in [0.2, 0.25) is 0 Å². The molecule has 0 radical (unpaired) electrons. The molecule has 2 rings (SSSR count). The highest BCUT2D eigenvalue weighted by molar-refractivity contribution is 9.10. The van der Waals surface area contributed by atoms with E-state index < -0.39 is 5.82 Å². The summed E-state index contributed by atoms with van der Waals surface area (Å²) in [6.07, 6.45) is 0. The van der Waals surface area contributed by atoms with Crippen LogP contribution in [0.5, 0.6) is 5.75 Å². The quantitative estimate of drug-likeness (QED) is 0.668. The molecule has 5 heteroatoms. The van der Waals surface area contributed by atoms with Gasteiger partial charge in [-0.1, -0.05) is 23.7 Å². The second-order valence-electron chi connectivity index (χ2n) is 3.73. The third-order valence-corrected chi connectivity index (χ3v) is 3.23. The molecular weight excluding hydrogens is 321 g/mol. The molecule has 2 aromatic carbocycles. The number of hydrogen-bond acceptors (Lipinski definition) is 2. The van der Waals surface area contributed by atoms with Gasteiger partial charge in [-0.15, -0.1) is 0 Å². The summed E-state index contributed by atoms with van der Waals surface area (Å²) < 4.78 is 19.4. The van der Waals surface area contributed by atoms with E-state index in [0.29, 0.717) is 22.5 Å². The Labute approximate surface area is 118 Å². The molecule has 0 aliphatic heterocycles. The van der Waals surface area contributed by atoms with Gasteiger partial charge in [0.05, 0.1) is 9.50 Å². The Morgan fingerprint density at radius 3 is 2.78 bits per heavy atom. The van der Waals surface area contributed by atoms with E-state index in [2.05, 4.69) is 15.9 Å². The molecule has 0 aromatic heterocycles. The molecule has 0 atom stereocenters. The van der Waals surface area contributed by atoms with Gasteiger partial charge in [-0.25, -0.2) is 4.39 Å². The van der Waals surface area contributed by atoms with Gasteiger partial charge in [0.1, 0.15) is 18.2 Å². The summed E-state index contributed by atoms with van der Waals surface area (Å²) in [5.41, 5.74) is 7.24. The normalized spacial score (nSPS) is 10.4. The van der Waals surface area contributed by atoms with Gasteiger partial charge >= 0.3 is 0 Å². The van der Waals surface area contributed by atoms with Crippen LogP contribution < -0.4 is 10.5 Å². The van der Waals surface area contributed by atoms with Crippen LogP contribution >= 0.6 is 27.5 Å². The van der Waals surface area contributed by atoms with E-state index in [-0.39, 0.29) is 5.02 Å². The first-order chi connectivity index (χ1) is 8.56. The lowest BCUT2D eigenvalue weighted by Crippen LogP contribution is -1.97. The summed E-state index contributed by atoms with van der Waals surface area (Å²) in [7, 11) is 0. The molecular formula is C13H10BrClFNO. The molecule has 0 aliphatic carbocycles. The van der Waals surface area contributed by atoms with Crippen molar-refractivity contribution < 1.29 is 9.13 Å². The molecule has 0 saturated carbocycles. The van der Waals surface area contributed by atoms with Gasteiger partial charge in [-0.3, -0.25) is 0 Å². The summed E-state index contributed by atoms with van der Waals surface area (Å²) in [5.74, 6) is -0.109. The number of hydrogen-bond donors (Lipinski definition) is 1. The molecule has 0 fully saturated rings. The zero-order chi connectivity index (χ0) is 13.1. The van der Waals surface area contributed by atoms with E-state index in [4.69, 9.17) is 22.1 Å². The van der Waals surface area contributed by atoms with Crippen molar-refractivity contribution in [2.24, 2.45) is 0 Å². The van der Waals surface area contributed by atoms with Crippen LogP contribution in [-0.4, -0.2) is 0 Å². The molecule has 2 aromatic rings. The Kier molecular flexibility index (Phi) is 4.09. The highest BCUT2D eigenvalue weighted by atomic mass is 79.9. The van der Waals surface area contributed by atoms with Gasteiger partial charge in [0.25, 0.3) is 0 Å². The molecule has 0 spiro atoms. The standard InChI is InChI=1S/C13H10BrClFNO/c14-10-5-11(15)12(16)6-13(10)18-7-8-2-1-3-9(17)4-8/h1-6H,7,17H2. The summed E-state index contributed by atoms with van der Waals surface area (Å²) in [6.45, 7) is 0.310. The van der Waals surface area contributed by atoms with Crippen LogP contribution in [0.3, 0.4) is 0 Å². The average Bonchev–Trinajstić information content (AvgIpc) is 2.32. The number of nitrogens with two attached hydrogens (primary N) is 1. The fraction of sp³-hybridized carbons (Fsp3) is 0.0769. The van der Waals surface area contributed by atoms with Gasteiger partial charge in [0, 0.05) is 11.8 Å². The first kappa shape index (κ1) is 13.2. The Bertz CT molecular complexity index is 577. The molecule has 2 nitrogen and oxygen atoms in total. The summed E-state index contributed by atoms with van der Waals surface area (Å²) in [4.78, 5) is 0. The Morgan fingerprint density at radius 2 is 2.06 bits per heavy atom. The van der Waals surface area contributed by atoms with E-state index >= 15 is 0 Å². The fourth-order valence-electron chi connectivity index (χ4n) is 1.46. The molecule has 0 unspecified atom stereocenters. The lowest BCUT2D eigenvalue weighted by Gasteiger charge is -2.09. The number of benzene rings is 2. The lowest BCUT2D eigenvalue weighted by atomic mass is 10.2.